The zero-order valence-corrected chi connectivity index (χ0v) is 19.4. The molecule has 1 aromatic heterocycles. The van der Waals surface area contributed by atoms with Crippen LogP contribution in [0.3, 0.4) is 0 Å². The number of thiazole rings is 1. The number of nitrogens with one attached hydrogen (secondary N) is 1. The van der Waals surface area contributed by atoms with Crippen LogP contribution in [0.5, 0.6) is 0 Å². The highest BCUT2D eigenvalue weighted by atomic mass is 32.1. The fourth-order valence-corrected chi connectivity index (χ4v) is 3.87. The van der Waals surface area contributed by atoms with Gasteiger partial charge in [0.25, 0.3) is 11.6 Å². The van der Waals surface area contributed by atoms with Crippen LogP contribution in [-0.2, 0) is 4.79 Å². The highest BCUT2D eigenvalue weighted by molar-refractivity contribution is 7.15. The molecule has 0 radical (unpaired) electrons. The maximum atomic E-state index is 13.2. The van der Waals surface area contributed by atoms with Crippen LogP contribution >= 0.6 is 11.3 Å². The number of aryl methyl sites for hydroxylation is 3. The molecule has 31 heavy (non-hydrogen) atoms. The number of hydrogen-bond donors (Lipinski definition) is 1. The van der Waals surface area contributed by atoms with Crippen LogP contribution in [0.15, 0.2) is 18.2 Å². The van der Waals surface area contributed by atoms with Gasteiger partial charge < -0.3 is 15.1 Å². The number of nitro groups is 1. The Kier molecular flexibility index (Phi) is 8.64. The van der Waals surface area contributed by atoms with Crippen LogP contribution in [0.2, 0.25) is 0 Å². The van der Waals surface area contributed by atoms with Gasteiger partial charge in [-0.1, -0.05) is 19.9 Å². The number of nitrogens with zero attached hydrogens (tertiary/aromatic N) is 4. The summed E-state index contributed by atoms with van der Waals surface area (Å²) in [4.78, 5) is 45.4. The summed E-state index contributed by atoms with van der Waals surface area (Å²) in [5.41, 5.74) is 1.39. The lowest BCUT2D eigenvalue weighted by Crippen LogP contribution is -2.42. The lowest BCUT2D eigenvalue weighted by Gasteiger charge is -2.26. The maximum absolute atomic E-state index is 13.2. The first-order chi connectivity index (χ1) is 14.7. The third kappa shape index (κ3) is 6.56. The van der Waals surface area contributed by atoms with Crippen LogP contribution in [0.4, 0.5) is 10.8 Å². The van der Waals surface area contributed by atoms with E-state index in [-0.39, 0.29) is 23.7 Å². The molecule has 0 atom stereocenters. The first kappa shape index (κ1) is 24.4. The summed E-state index contributed by atoms with van der Waals surface area (Å²) >= 11 is 1.38. The Morgan fingerprint density at radius 3 is 2.39 bits per heavy atom. The van der Waals surface area contributed by atoms with E-state index in [0.29, 0.717) is 23.8 Å². The van der Waals surface area contributed by atoms with E-state index in [4.69, 9.17) is 0 Å². The minimum Gasteiger partial charge on any atom is -0.328 e. The van der Waals surface area contributed by atoms with Crippen LogP contribution in [-0.4, -0.2) is 64.2 Å². The van der Waals surface area contributed by atoms with Crippen molar-refractivity contribution in [2.24, 2.45) is 0 Å². The molecular formula is C21H29N5O4S. The van der Waals surface area contributed by atoms with Gasteiger partial charge in [-0.15, -0.1) is 11.3 Å². The number of benzene rings is 1. The number of nitro benzene ring substituents is 1. The van der Waals surface area contributed by atoms with Gasteiger partial charge in [-0.2, -0.15) is 0 Å². The fraction of sp³-hybridized carbons (Fsp3) is 0.476. The Labute approximate surface area is 186 Å². The van der Waals surface area contributed by atoms with E-state index in [1.54, 1.807) is 19.1 Å². The maximum Gasteiger partial charge on any atom is 0.273 e. The summed E-state index contributed by atoms with van der Waals surface area (Å²) in [7, 11) is 0. The highest BCUT2D eigenvalue weighted by Gasteiger charge is 2.23. The summed E-state index contributed by atoms with van der Waals surface area (Å²) in [5.74, 6) is -0.778. The Hall–Kier alpha value is -2.85. The van der Waals surface area contributed by atoms with Gasteiger partial charge in [0.2, 0.25) is 5.91 Å². The van der Waals surface area contributed by atoms with Gasteiger partial charge in [0.05, 0.1) is 10.6 Å². The Bertz CT molecular complexity index is 936. The van der Waals surface area contributed by atoms with Crippen LogP contribution in [0.1, 0.15) is 40.3 Å². The van der Waals surface area contributed by atoms with Crippen LogP contribution in [0, 0.1) is 30.9 Å². The van der Waals surface area contributed by atoms with Crippen molar-refractivity contribution in [3.8, 4) is 0 Å². The van der Waals surface area contributed by atoms with Crippen molar-refractivity contribution in [2.45, 2.75) is 34.6 Å². The van der Waals surface area contributed by atoms with Crippen molar-refractivity contribution in [2.75, 3.05) is 38.0 Å². The number of amides is 2. The Morgan fingerprint density at radius 2 is 1.84 bits per heavy atom. The molecule has 9 nitrogen and oxygen atoms in total. The molecule has 1 N–H and O–H groups in total. The Morgan fingerprint density at radius 1 is 1.16 bits per heavy atom. The lowest BCUT2D eigenvalue weighted by molar-refractivity contribution is -0.385. The minimum atomic E-state index is -0.508. The third-order valence-electron chi connectivity index (χ3n) is 5.13. The monoisotopic (exact) mass is 447 g/mol. The molecule has 0 aliphatic heterocycles. The first-order valence-electron chi connectivity index (χ1n) is 10.2. The van der Waals surface area contributed by atoms with Gasteiger partial charge in [-0.3, -0.25) is 19.7 Å². The number of anilines is 1. The largest absolute Gasteiger partial charge is 0.328 e. The molecule has 1 heterocycles. The molecule has 0 saturated carbocycles. The van der Waals surface area contributed by atoms with E-state index in [9.17, 15) is 19.7 Å². The van der Waals surface area contributed by atoms with Gasteiger partial charge in [-0.05, 0) is 39.9 Å². The summed E-state index contributed by atoms with van der Waals surface area (Å²) < 4.78 is 0. The smallest absolute Gasteiger partial charge is 0.273 e. The topological polar surface area (TPSA) is 109 Å². The lowest BCUT2D eigenvalue weighted by atomic mass is 10.1. The van der Waals surface area contributed by atoms with E-state index in [1.165, 1.54) is 22.3 Å². The van der Waals surface area contributed by atoms with E-state index in [0.717, 1.165) is 23.7 Å². The molecule has 0 saturated heterocycles. The normalized spacial score (nSPS) is 10.9. The van der Waals surface area contributed by atoms with Crippen LogP contribution in [0.25, 0.3) is 0 Å². The summed E-state index contributed by atoms with van der Waals surface area (Å²) in [6, 6.07) is 4.38. The van der Waals surface area contributed by atoms with Crippen molar-refractivity contribution >= 4 is 34.0 Å². The molecule has 2 rings (SSSR count). The number of rotatable bonds is 10. The average Bonchev–Trinajstić information content (AvgIpc) is 3.04. The second-order valence-corrected chi connectivity index (χ2v) is 8.42. The number of aromatic nitrogens is 1. The molecule has 0 fully saturated rings. The summed E-state index contributed by atoms with van der Waals surface area (Å²) in [5, 5.41) is 14.5. The molecule has 0 bridgehead atoms. The second kappa shape index (κ2) is 11.0. The number of likely N-dealkylation sites (N-methyl/N-ethyl adjacent to an activating group) is 1. The first-order valence-corrected chi connectivity index (χ1v) is 11.0. The second-order valence-electron chi connectivity index (χ2n) is 7.22. The predicted molar refractivity (Wildman–Crippen MR) is 122 cm³/mol. The summed E-state index contributed by atoms with van der Waals surface area (Å²) in [6.07, 6.45) is 0. The SMILES string of the molecule is CCN(CC)CCN(CC(=O)Nc1nc(C)c(C)s1)C(=O)c1ccc(C)c([N+](=O)[O-])c1. The molecule has 0 aliphatic rings. The van der Waals surface area contributed by atoms with Gasteiger partial charge in [0.15, 0.2) is 5.13 Å². The van der Waals surface area contributed by atoms with Crippen molar-refractivity contribution in [3.63, 3.8) is 0 Å². The van der Waals surface area contributed by atoms with Gasteiger partial charge in [0, 0.05) is 35.2 Å². The molecule has 2 aromatic rings. The molecule has 168 valence electrons. The number of hydrogen-bond acceptors (Lipinski definition) is 7. The molecule has 2 amide bonds. The van der Waals surface area contributed by atoms with E-state index in [2.05, 4.69) is 15.2 Å². The van der Waals surface area contributed by atoms with E-state index >= 15 is 0 Å². The molecule has 1 aromatic carbocycles. The molecule has 10 heteroatoms. The Balaban J connectivity index is 2.22. The zero-order valence-electron chi connectivity index (χ0n) is 18.6. The summed E-state index contributed by atoms with van der Waals surface area (Å²) in [6.45, 7) is 11.9. The third-order valence-corrected chi connectivity index (χ3v) is 6.12. The van der Waals surface area contributed by atoms with E-state index < -0.39 is 10.8 Å². The molecule has 0 spiro atoms. The highest BCUT2D eigenvalue weighted by Crippen LogP contribution is 2.22. The van der Waals surface area contributed by atoms with Crippen molar-refractivity contribution in [3.05, 3.63) is 50.0 Å². The van der Waals surface area contributed by atoms with Crippen molar-refractivity contribution < 1.29 is 14.5 Å². The van der Waals surface area contributed by atoms with Gasteiger partial charge in [0.1, 0.15) is 6.54 Å². The van der Waals surface area contributed by atoms with Crippen LogP contribution < -0.4 is 5.32 Å². The quantitative estimate of drug-likeness (QED) is 0.442. The van der Waals surface area contributed by atoms with E-state index in [1.807, 2.05) is 27.7 Å². The molecular weight excluding hydrogens is 418 g/mol. The van der Waals surface area contributed by atoms with Gasteiger partial charge in [-0.25, -0.2) is 4.98 Å². The fourth-order valence-electron chi connectivity index (χ4n) is 3.03. The number of carbonyl (C=O) groups excluding carboxylic acids is 2. The molecule has 0 aliphatic carbocycles. The standard InChI is InChI=1S/C21H29N5O4S/c1-6-24(7-2)10-11-25(13-19(27)23-21-22-15(4)16(5)31-21)20(28)17-9-8-14(3)18(12-17)26(29)30/h8-9,12H,6-7,10-11,13H2,1-5H3,(H,22,23,27). The molecule has 0 unspecified atom stereocenters. The van der Waals surface area contributed by atoms with Crippen molar-refractivity contribution in [1.29, 1.82) is 0 Å². The zero-order chi connectivity index (χ0) is 23.1. The van der Waals surface area contributed by atoms with Gasteiger partial charge >= 0.3 is 0 Å². The average molecular weight is 448 g/mol. The minimum absolute atomic E-state index is 0.118. The number of carbonyl (C=O) groups is 2. The van der Waals surface area contributed by atoms with Crippen molar-refractivity contribution in [1.82, 2.24) is 14.8 Å². The predicted octanol–water partition coefficient (Wildman–Crippen LogP) is 3.40.